The zero-order valence-corrected chi connectivity index (χ0v) is 32.6. The molecule has 2 aliphatic heterocycles. The maximum Gasteiger partial charge on any atom is 0.303 e. The number of allylic oxidation sites excluding steroid dienone is 8. The van der Waals surface area contributed by atoms with Gasteiger partial charge >= 0.3 is 5.97 Å². The Morgan fingerprint density at radius 2 is 1.38 bits per heavy atom. The standard InChI is InChI=1S/C36H45IN2O9S2/c1-35(2)29-25-27(50(45,46)47)18-20-31(29)39(22-23-48-5)37-32(35)14-10-7-6-8-11-15-33-36(3,4)28-24-26(49(42,43)44)17-19-30(28)38(33)21-13-9-12-16-34(40)41/h6-8,10-11,14-15,17-20,24-25H,9,12-13,16,21-23H2,1-5H3,(H,40,41)(H,42,43,44)(H,45,46,47)/b7-6+,11-8+,14-10+,33-15+. The summed E-state index contributed by atoms with van der Waals surface area (Å²) in [5.74, 6) is -0.824. The number of carboxylic acid groups (broad SMARTS) is 1. The topological polar surface area (TPSA) is 162 Å². The molecule has 0 amide bonds. The van der Waals surface area contributed by atoms with Crippen LogP contribution in [0.1, 0.15) is 64.5 Å². The quantitative estimate of drug-likeness (QED) is 0.0558. The molecule has 2 aliphatic rings. The number of hydrogen-bond acceptors (Lipinski definition) is 8. The van der Waals surface area contributed by atoms with E-state index in [0.29, 0.717) is 26.1 Å². The van der Waals surface area contributed by atoms with Crippen molar-refractivity contribution in [3.8, 4) is 0 Å². The number of ether oxygens (including phenoxy) is 1. The highest BCUT2D eigenvalue weighted by Crippen LogP contribution is 2.49. The van der Waals surface area contributed by atoms with E-state index in [0.717, 1.165) is 44.5 Å². The minimum atomic E-state index is -4.38. The van der Waals surface area contributed by atoms with Gasteiger partial charge in [-0.05, 0) is 66.4 Å². The van der Waals surface area contributed by atoms with Gasteiger partial charge in [0, 0.05) is 72.5 Å². The minimum absolute atomic E-state index is 0.110. The Morgan fingerprint density at radius 1 is 0.800 bits per heavy atom. The molecule has 0 aliphatic carbocycles. The van der Waals surface area contributed by atoms with Crippen LogP contribution >= 0.6 is 21.0 Å². The number of anilines is 2. The average Bonchev–Trinajstić information content (AvgIpc) is 3.24. The fourth-order valence-corrected chi connectivity index (χ4v) is 10.1. The molecule has 3 N–H and O–H groups in total. The number of nitrogens with zero attached hydrogens (tertiary/aromatic N) is 2. The molecule has 0 radical (unpaired) electrons. The number of halogens is 1. The van der Waals surface area contributed by atoms with Crippen LogP contribution in [0.3, 0.4) is 0 Å². The van der Waals surface area contributed by atoms with E-state index in [1.165, 1.54) is 18.2 Å². The van der Waals surface area contributed by atoms with E-state index in [2.05, 4.69) is 27.9 Å². The Kier molecular flexibility index (Phi) is 12.7. The van der Waals surface area contributed by atoms with Crippen molar-refractivity contribution in [1.29, 1.82) is 0 Å². The lowest BCUT2D eigenvalue weighted by atomic mass is 9.80. The zero-order valence-electron chi connectivity index (χ0n) is 28.8. The van der Waals surface area contributed by atoms with Crippen molar-refractivity contribution in [3.63, 3.8) is 0 Å². The Morgan fingerprint density at radius 3 is 1.98 bits per heavy atom. The van der Waals surface area contributed by atoms with Crippen LogP contribution in [0.4, 0.5) is 11.4 Å². The van der Waals surface area contributed by atoms with Gasteiger partial charge in [0.25, 0.3) is 20.2 Å². The highest BCUT2D eigenvalue weighted by Gasteiger charge is 2.40. The fraction of sp³-hybridized carbons (Fsp3) is 0.389. The van der Waals surface area contributed by atoms with Crippen LogP contribution in [-0.4, -0.2) is 67.3 Å². The summed E-state index contributed by atoms with van der Waals surface area (Å²) in [6, 6.07) is 9.36. The molecule has 0 unspecified atom stereocenters. The van der Waals surface area contributed by atoms with Crippen molar-refractivity contribution >= 4 is 62.1 Å². The van der Waals surface area contributed by atoms with E-state index < -0.39 is 58.0 Å². The molecular weight excluding hydrogens is 795 g/mol. The van der Waals surface area contributed by atoms with E-state index in [1.54, 1.807) is 25.3 Å². The molecule has 2 heterocycles. The van der Waals surface area contributed by atoms with Gasteiger partial charge in [0.15, 0.2) is 0 Å². The van der Waals surface area contributed by atoms with E-state index in [1.807, 2.05) is 50.3 Å². The van der Waals surface area contributed by atoms with Crippen LogP contribution in [0.25, 0.3) is 0 Å². The van der Waals surface area contributed by atoms with Gasteiger partial charge in [0.2, 0.25) is 0 Å². The Hall–Kier alpha value is -3.15. The van der Waals surface area contributed by atoms with E-state index in [-0.39, 0.29) is 16.2 Å². The van der Waals surface area contributed by atoms with Crippen molar-refractivity contribution in [1.82, 2.24) is 0 Å². The second-order valence-electron chi connectivity index (χ2n) is 13.1. The molecule has 14 heteroatoms. The van der Waals surface area contributed by atoms with Gasteiger partial charge in [0.05, 0.1) is 22.9 Å². The fourth-order valence-electron chi connectivity index (χ4n) is 6.11. The highest BCUT2D eigenvalue weighted by molar-refractivity contribution is 14.2. The first-order chi connectivity index (χ1) is 23.4. The number of hydrogen-bond donors (Lipinski definition) is 3. The predicted molar refractivity (Wildman–Crippen MR) is 206 cm³/mol. The van der Waals surface area contributed by atoms with Gasteiger partial charge in [-0.3, -0.25) is 13.9 Å². The van der Waals surface area contributed by atoms with Gasteiger partial charge in [-0.15, -0.1) is 0 Å². The van der Waals surface area contributed by atoms with Gasteiger partial charge in [-0.1, -0.05) is 70.6 Å². The summed E-state index contributed by atoms with van der Waals surface area (Å²) in [5.41, 5.74) is 3.29. The molecule has 0 spiro atoms. The first kappa shape index (κ1) is 39.6. The molecule has 0 saturated carbocycles. The Labute approximate surface area is 305 Å². The van der Waals surface area contributed by atoms with Crippen molar-refractivity contribution in [2.24, 2.45) is 0 Å². The number of unbranched alkanes of at least 4 members (excludes halogenated alkanes) is 2. The summed E-state index contributed by atoms with van der Waals surface area (Å²) >= 11 is -0.622. The average molecular weight is 841 g/mol. The maximum atomic E-state index is 11.9. The lowest BCUT2D eigenvalue weighted by Crippen LogP contribution is -2.35. The molecule has 4 rings (SSSR count). The van der Waals surface area contributed by atoms with Crippen molar-refractivity contribution in [3.05, 3.63) is 95.8 Å². The smallest absolute Gasteiger partial charge is 0.303 e. The number of carbonyl (C=O) groups is 1. The normalized spacial score (nSPS) is 18.1. The lowest BCUT2D eigenvalue weighted by molar-refractivity contribution is -0.137. The Bertz CT molecular complexity index is 1980. The van der Waals surface area contributed by atoms with Crippen molar-refractivity contribution in [2.45, 2.75) is 74.0 Å². The molecule has 0 bridgehead atoms. The maximum absolute atomic E-state index is 11.9. The number of rotatable bonds is 15. The second-order valence-corrected chi connectivity index (χ2v) is 18.8. The van der Waals surface area contributed by atoms with Gasteiger partial charge in [-0.25, -0.2) is 0 Å². The van der Waals surface area contributed by atoms with Crippen LogP contribution in [-0.2, 0) is 40.6 Å². The largest absolute Gasteiger partial charge is 0.481 e. The predicted octanol–water partition coefficient (Wildman–Crippen LogP) is 6.98. The lowest BCUT2D eigenvalue weighted by Gasteiger charge is -2.38. The number of aliphatic carboxylic acids is 1. The van der Waals surface area contributed by atoms with Gasteiger partial charge in [0.1, 0.15) is 0 Å². The van der Waals surface area contributed by atoms with Crippen LogP contribution in [0.15, 0.2) is 94.4 Å². The third kappa shape index (κ3) is 9.19. The SMILES string of the molecule is COCCN1I=C(/C=C/C=C/C=C/C=C2/N(CCCCCC(=O)O)c3ccc(S(=O)(=O)O)cc3C2(C)C)C(C)(C)c2cc(S(=O)(=O)O)ccc21. The summed E-state index contributed by atoms with van der Waals surface area (Å²) in [6.45, 7) is 9.90. The molecule has 2 aromatic carbocycles. The minimum Gasteiger partial charge on any atom is -0.481 e. The molecule has 0 saturated heterocycles. The first-order valence-electron chi connectivity index (χ1n) is 16.1. The third-order valence-electron chi connectivity index (χ3n) is 8.86. The highest BCUT2D eigenvalue weighted by atomic mass is 127. The van der Waals surface area contributed by atoms with Crippen LogP contribution in [0.2, 0.25) is 0 Å². The summed E-state index contributed by atoms with van der Waals surface area (Å²) in [7, 11) is -7.10. The third-order valence-corrected chi connectivity index (χ3v) is 14.4. The molecule has 2 aromatic rings. The van der Waals surface area contributed by atoms with E-state index in [4.69, 9.17) is 9.84 Å². The Balaban J connectivity index is 1.56. The van der Waals surface area contributed by atoms with Crippen LogP contribution in [0.5, 0.6) is 0 Å². The zero-order chi connectivity index (χ0) is 36.9. The van der Waals surface area contributed by atoms with E-state index in [9.17, 15) is 30.7 Å². The molecule has 11 nitrogen and oxygen atoms in total. The monoisotopic (exact) mass is 840 g/mol. The first-order valence-corrected chi connectivity index (χ1v) is 21.1. The number of methoxy groups -OCH3 is 1. The molecule has 272 valence electrons. The van der Waals surface area contributed by atoms with Gasteiger partial charge in [-0.2, -0.15) is 16.8 Å². The molecule has 0 fully saturated rings. The van der Waals surface area contributed by atoms with Crippen LogP contribution in [0, 0.1) is 0 Å². The summed E-state index contributed by atoms with van der Waals surface area (Å²) in [4.78, 5) is 12.8. The summed E-state index contributed by atoms with van der Waals surface area (Å²) in [5, 5.41) is 8.99. The van der Waals surface area contributed by atoms with Crippen molar-refractivity contribution in [2.75, 3.05) is 34.8 Å². The molecular formula is C36H45IN2O9S2. The molecule has 50 heavy (non-hydrogen) atoms. The number of carboxylic acids is 1. The molecule has 0 aromatic heterocycles. The van der Waals surface area contributed by atoms with Crippen molar-refractivity contribution < 1.29 is 40.6 Å². The summed E-state index contributed by atoms with van der Waals surface area (Å²) in [6.07, 6.45) is 15.8. The second kappa shape index (κ2) is 16.0. The number of benzene rings is 2. The molecule has 0 atom stereocenters. The van der Waals surface area contributed by atoms with Crippen LogP contribution < -0.4 is 8.01 Å². The number of fused-ring (bicyclic) bond motifs is 2. The van der Waals surface area contributed by atoms with E-state index >= 15 is 0 Å². The summed E-state index contributed by atoms with van der Waals surface area (Å²) < 4.78 is 75.8. The van der Waals surface area contributed by atoms with Gasteiger partial charge < -0.3 is 17.9 Å².